The highest BCUT2D eigenvalue weighted by atomic mass is 16.3. The van der Waals surface area contributed by atoms with Crippen LogP contribution in [0.1, 0.15) is 45.8 Å². The number of amides is 1. The third kappa shape index (κ3) is 5.98. The van der Waals surface area contributed by atoms with E-state index in [9.17, 15) is 4.79 Å². The Morgan fingerprint density at radius 3 is 2.48 bits per heavy atom. The van der Waals surface area contributed by atoms with Gasteiger partial charge in [0.15, 0.2) is 5.96 Å². The molecule has 0 spiro atoms. The summed E-state index contributed by atoms with van der Waals surface area (Å²) < 4.78 is 5.42. The van der Waals surface area contributed by atoms with Crippen molar-refractivity contribution in [3.63, 3.8) is 0 Å². The van der Waals surface area contributed by atoms with E-state index < -0.39 is 0 Å². The second-order valence-electron chi connectivity index (χ2n) is 8.22. The Hall–Kier alpha value is -2.02. The van der Waals surface area contributed by atoms with Crippen LogP contribution in [-0.4, -0.2) is 84.5 Å². The fourth-order valence-electron chi connectivity index (χ4n) is 3.97. The lowest BCUT2D eigenvalue weighted by molar-refractivity contribution is -0.135. The first-order chi connectivity index (χ1) is 14.1. The Kier molecular flexibility index (Phi) is 7.98. The smallest absolute Gasteiger partial charge is 0.239 e. The molecule has 2 atom stereocenters. The van der Waals surface area contributed by atoms with E-state index in [1.807, 2.05) is 17.0 Å². The molecular formula is C22H37N5O2. The van der Waals surface area contributed by atoms with Gasteiger partial charge in [0, 0.05) is 58.3 Å². The summed E-state index contributed by atoms with van der Waals surface area (Å²) in [6.45, 7) is 12.5. The minimum atomic E-state index is -0.0304. The highest BCUT2D eigenvalue weighted by Crippen LogP contribution is 2.14. The second-order valence-corrected chi connectivity index (χ2v) is 8.22. The monoisotopic (exact) mass is 403 g/mol. The number of guanidine groups is 1. The maximum Gasteiger partial charge on any atom is 0.239 e. The van der Waals surface area contributed by atoms with Crippen LogP contribution in [0, 0.1) is 0 Å². The molecule has 29 heavy (non-hydrogen) atoms. The summed E-state index contributed by atoms with van der Waals surface area (Å²) >= 11 is 0. The van der Waals surface area contributed by atoms with Crippen LogP contribution in [0.4, 0.5) is 0 Å². The number of aliphatic imine (C=N–C) groups is 1. The Bertz CT molecular complexity index is 646. The number of rotatable bonds is 7. The van der Waals surface area contributed by atoms with E-state index in [0.29, 0.717) is 18.5 Å². The fraction of sp³-hybridized carbons (Fsp3) is 0.727. The first-order valence-corrected chi connectivity index (χ1v) is 11.2. The van der Waals surface area contributed by atoms with Crippen molar-refractivity contribution in [1.29, 1.82) is 0 Å². The molecule has 1 N–H and O–H groups in total. The molecule has 3 rings (SSSR count). The van der Waals surface area contributed by atoms with E-state index in [4.69, 9.17) is 9.41 Å². The summed E-state index contributed by atoms with van der Waals surface area (Å²) in [7, 11) is 0. The van der Waals surface area contributed by atoms with Crippen LogP contribution >= 0.6 is 0 Å². The molecule has 2 aliphatic rings. The zero-order chi connectivity index (χ0) is 20.6. The van der Waals surface area contributed by atoms with Gasteiger partial charge in [-0.3, -0.25) is 14.7 Å². The Labute approximate surface area is 175 Å². The molecule has 3 heterocycles. The predicted molar refractivity (Wildman–Crippen MR) is 116 cm³/mol. The van der Waals surface area contributed by atoms with Crippen molar-refractivity contribution in [3.05, 3.63) is 24.2 Å². The van der Waals surface area contributed by atoms with Crippen LogP contribution in [0.3, 0.4) is 0 Å². The van der Waals surface area contributed by atoms with Gasteiger partial charge in [-0.05, 0) is 45.2 Å². The molecule has 2 aliphatic heterocycles. The lowest BCUT2D eigenvalue weighted by Gasteiger charge is -2.40. The Morgan fingerprint density at radius 1 is 1.14 bits per heavy atom. The minimum Gasteiger partial charge on any atom is -0.469 e. The largest absolute Gasteiger partial charge is 0.469 e. The van der Waals surface area contributed by atoms with Gasteiger partial charge in [-0.2, -0.15) is 0 Å². The summed E-state index contributed by atoms with van der Waals surface area (Å²) in [5, 5.41) is 3.58. The van der Waals surface area contributed by atoms with Gasteiger partial charge >= 0.3 is 0 Å². The number of piperazine rings is 1. The van der Waals surface area contributed by atoms with Crippen LogP contribution < -0.4 is 5.32 Å². The van der Waals surface area contributed by atoms with Gasteiger partial charge in [0.1, 0.15) is 5.76 Å². The molecule has 7 heteroatoms. The van der Waals surface area contributed by atoms with Gasteiger partial charge in [0.2, 0.25) is 5.91 Å². The summed E-state index contributed by atoms with van der Waals surface area (Å²) in [6, 6.07) is 4.26. The predicted octanol–water partition coefficient (Wildman–Crippen LogP) is 2.19. The summed E-state index contributed by atoms with van der Waals surface area (Å²) in [5.74, 6) is 2.24. The Morgan fingerprint density at radius 2 is 1.86 bits per heavy atom. The van der Waals surface area contributed by atoms with Gasteiger partial charge in [0.05, 0.1) is 12.3 Å². The van der Waals surface area contributed by atoms with Crippen molar-refractivity contribution in [1.82, 2.24) is 20.0 Å². The highest BCUT2D eigenvalue weighted by Gasteiger charge is 2.30. The van der Waals surface area contributed by atoms with Gasteiger partial charge < -0.3 is 19.5 Å². The summed E-state index contributed by atoms with van der Waals surface area (Å²) in [5.41, 5.74) is 0. The number of carbonyl (C=O) groups is 1. The molecule has 2 unspecified atom stereocenters. The molecule has 2 fully saturated rings. The molecule has 0 aromatic carbocycles. The molecule has 2 saturated heterocycles. The van der Waals surface area contributed by atoms with Crippen LogP contribution in [0.5, 0.6) is 0 Å². The van der Waals surface area contributed by atoms with E-state index in [2.05, 4.69) is 35.9 Å². The van der Waals surface area contributed by atoms with Crippen molar-refractivity contribution < 1.29 is 9.21 Å². The maximum atomic E-state index is 12.7. The van der Waals surface area contributed by atoms with Gasteiger partial charge in [-0.1, -0.05) is 6.92 Å². The number of carbonyl (C=O) groups excluding carboxylic acids is 1. The van der Waals surface area contributed by atoms with Crippen LogP contribution in [0.15, 0.2) is 27.8 Å². The molecule has 0 bridgehead atoms. The van der Waals surface area contributed by atoms with Crippen LogP contribution in [0.2, 0.25) is 0 Å². The molecule has 0 saturated carbocycles. The fourth-order valence-corrected chi connectivity index (χ4v) is 3.97. The molecule has 1 aromatic heterocycles. The summed E-state index contributed by atoms with van der Waals surface area (Å²) in [4.78, 5) is 24.3. The first-order valence-electron chi connectivity index (χ1n) is 11.2. The topological polar surface area (TPSA) is 64.3 Å². The lowest BCUT2D eigenvalue weighted by atomic mass is 10.2. The molecule has 162 valence electrons. The number of likely N-dealkylation sites (tertiary alicyclic amines) is 1. The van der Waals surface area contributed by atoms with Crippen molar-refractivity contribution in [2.75, 3.05) is 45.8 Å². The highest BCUT2D eigenvalue weighted by molar-refractivity contribution is 5.82. The second kappa shape index (κ2) is 10.7. The van der Waals surface area contributed by atoms with Crippen molar-refractivity contribution in [2.24, 2.45) is 4.99 Å². The average Bonchev–Trinajstić information content (AvgIpc) is 3.46. The number of nitrogens with one attached hydrogen (secondary N) is 1. The molecule has 1 aromatic rings. The number of furan rings is 1. The SMILES string of the molecule is CCC(C)NC(=NCCc1ccco1)N1CCN(C(C)C(=O)N2CCCC2)CC1. The van der Waals surface area contributed by atoms with Crippen molar-refractivity contribution in [3.8, 4) is 0 Å². The maximum absolute atomic E-state index is 12.7. The molecule has 1 amide bonds. The standard InChI is InChI=1S/C22H37N5O2/c1-4-18(2)24-22(23-10-9-20-8-7-17-29-20)27-15-13-25(14-16-27)19(3)21(28)26-11-5-6-12-26/h7-8,17-19H,4-6,9-16H2,1-3H3,(H,23,24). The molecule has 0 aliphatic carbocycles. The average molecular weight is 404 g/mol. The van der Waals surface area contributed by atoms with Crippen LogP contribution in [0.25, 0.3) is 0 Å². The van der Waals surface area contributed by atoms with Crippen LogP contribution in [-0.2, 0) is 11.2 Å². The van der Waals surface area contributed by atoms with Gasteiger partial charge in [-0.25, -0.2) is 0 Å². The van der Waals surface area contributed by atoms with E-state index in [1.54, 1.807) is 6.26 Å². The van der Waals surface area contributed by atoms with Crippen molar-refractivity contribution in [2.45, 2.75) is 58.5 Å². The third-order valence-corrected chi connectivity index (χ3v) is 6.12. The molecule has 0 radical (unpaired) electrons. The van der Waals surface area contributed by atoms with E-state index in [1.165, 1.54) is 0 Å². The number of nitrogens with zero attached hydrogens (tertiary/aromatic N) is 4. The lowest BCUT2D eigenvalue weighted by Crippen LogP contribution is -2.57. The minimum absolute atomic E-state index is 0.0304. The zero-order valence-electron chi connectivity index (χ0n) is 18.3. The quantitative estimate of drug-likeness (QED) is 0.559. The van der Waals surface area contributed by atoms with Gasteiger partial charge in [0.25, 0.3) is 0 Å². The van der Waals surface area contributed by atoms with Crippen molar-refractivity contribution >= 4 is 11.9 Å². The molecule has 7 nitrogen and oxygen atoms in total. The Balaban J connectivity index is 1.54. The van der Waals surface area contributed by atoms with Gasteiger partial charge in [-0.15, -0.1) is 0 Å². The van der Waals surface area contributed by atoms with E-state index in [0.717, 1.165) is 76.7 Å². The normalized spacial score (nSPS) is 20.7. The van der Waals surface area contributed by atoms with E-state index >= 15 is 0 Å². The number of hydrogen-bond acceptors (Lipinski definition) is 4. The first kappa shape index (κ1) is 21.7. The zero-order valence-corrected chi connectivity index (χ0v) is 18.3. The third-order valence-electron chi connectivity index (χ3n) is 6.12. The number of hydrogen-bond donors (Lipinski definition) is 1. The van der Waals surface area contributed by atoms with E-state index in [-0.39, 0.29) is 6.04 Å². The molecular weight excluding hydrogens is 366 g/mol. The summed E-state index contributed by atoms with van der Waals surface area (Å²) in [6.07, 6.45) is 5.86.